The van der Waals surface area contributed by atoms with Crippen LogP contribution in [0.15, 0.2) is 122 Å². The molecule has 8 nitrogen and oxygen atoms in total. The molecular formula is C32H27N7O. The van der Waals surface area contributed by atoms with E-state index in [1.807, 2.05) is 79.7 Å². The van der Waals surface area contributed by atoms with Gasteiger partial charge in [-0.25, -0.2) is 4.98 Å². The highest BCUT2D eigenvalue weighted by atomic mass is 16.5. The second-order valence-electron chi connectivity index (χ2n) is 9.19. The number of pyridine rings is 2. The smallest absolute Gasteiger partial charge is 0.213 e. The molecule has 0 aliphatic heterocycles. The molecule has 0 atom stereocenters. The molecule has 0 aliphatic rings. The number of hydrogen-bond donors (Lipinski definition) is 1. The molecule has 0 bridgehead atoms. The van der Waals surface area contributed by atoms with Crippen molar-refractivity contribution in [1.82, 2.24) is 30.2 Å². The largest absolute Gasteiger partial charge is 0.478 e. The predicted octanol–water partition coefficient (Wildman–Crippen LogP) is 5.62. The van der Waals surface area contributed by atoms with Crippen molar-refractivity contribution in [2.24, 2.45) is 0 Å². The summed E-state index contributed by atoms with van der Waals surface area (Å²) < 4.78 is 5.51. The summed E-state index contributed by atoms with van der Waals surface area (Å²) in [7, 11) is 0. The first-order valence-corrected chi connectivity index (χ1v) is 13.0. The van der Waals surface area contributed by atoms with Gasteiger partial charge in [-0.15, -0.1) is 15.0 Å². The normalized spacial score (nSPS) is 11.3. The summed E-state index contributed by atoms with van der Waals surface area (Å²) in [5.41, 5.74) is 10.9. The van der Waals surface area contributed by atoms with E-state index in [2.05, 4.69) is 56.7 Å². The number of rotatable bonds is 8. The van der Waals surface area contributed by atoms with Crippen LogP contribution in [0.4, 0.5) is 5.69 Å². The topological polar surface area (TPSA) is 105 Å². The Morgan fingerprint density at radius 3 is 1.88 bits per heavy atom. The maximum Gasteiger partial charge on any atom is 0.213 e. The maximum atomic E-state index is 6.19. The van der Waals surface area contributed by atoms with E-state index in [9.17, 15) is 0 Å². The summed E-state index contributed by atoms with van der Waals surface area (Å²) in [5.74, 6) is 0.946. The van der Waals surface area contributed by atoms with Crippen LogP contribution < -0.4 is 10.5 Å². The molecule has 8 heteroatoms. The number of nitrogens with zero attached hydrogens (tertiary/aromatic N) is 6. The highest BCUT2D eigenvalue weighted by Crippen LogP contribution is 2.40. The van der Waals surface area contributed by atoms with E-state index < -0.39 is 5.54 Å². The Hall–Kier alpha value is -5.37. The first-order chi connectivity index (χ1) is 19.7. The van der Waals surface area contributed by atoms with Crippen molar-refractivity contribution in [2.45, 2.75) is 12.5 Å². The predicted molar refractivity (Wildman–Crippen MR) is 154 cm³/mol. The molecular weight excluding hydrogens is 498 g/mol. The minimum atomic E-state index is -0.885. The molecule has 0 amide bonds. The van der Waals surface area contributed by atoms with Gasteiger partial charge < -0.3 is 10.5 Å². The van der Waals surface area contributed by atoms with Gasteiger partial charge in [-0.2, -0.15) is 0 Å². The molecule has 0 fully saturated rings. The first kappa shape index (κ1) is 24.9. The van der Waals surface area contributed by atoms with Crippen molar-refractivity contribution in [2.75, 3.05) is 12.3 Å². The van der Waals surface area contributed by atoms with Crippen molar-refractivity contribution in [3.05, 3.63) is 138 Å². The van der Waals surface area contributed by atoms with E-state index in [0.29, 0.717) is 35.3 Å². The van der Waals surface area contributed by atoms with Gasteiger partial charge in [-0.05, 0) is 41.0 Å². The Balaban J connectivity index is 1.56. The van der Waals surface area contributed by atoms with Gasteiger partial charge in [-0.3, -0.25) is 4.98 Å². The number of anilines is 1. The molecule has 6 rings (SSSR count). The number of nitrogen functional groups attached to an aromatic ring is 1. The van der Waals surface area contributed by atoms with Crippen molar-refractivity contribution in [3.8, 4) is 28.5 Å². The van der Waals surface area contributed by atoms with Gasteiger partial charge in [0.15, 0.2) is 5.54 Å². The zero-order chi connectivity index (χ0) is 27.4. The number of nitrogens with two attached hydrogens (primary N) is 1. The number of ether oxygens (including phenoxy) is 1. The van der Waals surface area contributed by atoms with Crippen LogP contribution in [0.5, 0.6) is 5.88 Å². The van der Waals surface area contributed by atoms with Gasteiger partial charge in [0.25, 0.3) is 0 Å². The number of benzene rings is 3. The molecule has 0 saturated carbocycles. The third kappa shape index (κ3) is 4.45. The van der Waals surface area contributed by atoms with E-state index in [1.54, 1.807) is 17.2 Å². The number of aromatic nitrogens is 6. The summed E-state index contributed by atoms with van der Waals surface area (Å²) in [6, 6.07) is 36.2. The quantitative estimate of drug-likeness (QED) is 0.257. The van der Waals surface area contributed by atoms with Crippen LogP contribution in [0.25, 0.3) is 22.6 Å². The lowest BCUT2D eigenvalue weighted by Gasteiger charge is -2.34. The number of tetrazole rings is 1. The van der Waals surface area contributed by atoms with E-state index in [-0.39, 0.29) is 0 Å². The fraction of sp³-hybridized carbons (Fsp3) is 0.0938. The third-order valence-electron chi connectivity index (χ3n) is 6.74. The SMILES string of the molecule is CCOc1ccc(-c2ncc(N)cc2-c2nnn(C(c3ccccc3)(c3ccccc3)c3ccccc3)n2)cn1. The van der Waals surface area contributed by atoms with Gasteiger partial charge in [0, 0.05) is 17.8 Å². The van der Waals surface area contributed by atoms with E-state index in [1.165, 1.54) is 0 Å². The molecule has 6 aromatic rings. The van der Waals surface area contributed by atoms with E-state index in [0.717, 1.165) is 22.3 Å². The standard InChI is InChI=1S/C32H27N7O/c1-2-40-29-19-18-23(21-34-29)30-28(20-27(33)22-35-30)31-36-38-39(37-31)32(24-12-6-3-7-13-24,25-14-8-4-9-15-25)26-16-10-5-11-17-26/h3-22H,2,33H2,1H3. The van der Waals surface area contributed by atoms with Gasteiger partial charge in [0.05, 0.1) is 29.7 Å². The first-order valence-electron chi connectivity index (χ1n) is 13.0. The fourth-order valence-electron chi connectivity index (χ4n) is 4.98. The summed E-state index contributed by atoms with van der Waals surface area (Å²) in [4.78, 5) is 10.7. The molecule has 0 spiro atoms. The Morgan fingerprint density at radius 1 is 0.750 bits per heavy atom. The minimum absolute atomic E-state index is 0.399. The molecule has 40 heavy (non-hydrogen) atoms. The van der Waals surface area contributed by atoms with Gasteiger partial charge in [0.1, 0.15) is 0 Å². The lowest BCUT2D eigenvalue weighted by Crippen LogP contribution is -2.39. The minimum Gasteiger partial charge on any atom is -0.478 e. The molecule has 3 heterocycles. The molecule has 0 saturated heterocycles. The van der Waals surface area contributed by atoms with E-state index >= 15 is 0 Å². The Labute approximate surface area is 232 Å². The summed E-state index contributed by atoms with van der Waals surface area (Å²) >= 11 is 0. The Morgan fingerprint density at radius 2 is 1.35 bits per heavy atom. The maximum absolute atomic E-state index is 6.19. The molecule has 3 aromatic heterocycles. The zero-order valence-corrected chi connectivity index (χ0v) is 21.9. The molecule has 2 N–H and O–H groups in total. The molecule has 0 radical (unpaired) electrons. The molecule has 3 aromatic carbocycles. The average molecular weight is 526 g/mol. The van der Waals surface area contributed by atoms with Crippen molar-refractivity contribution < 1.29 is 4.74 Å². The molecule has 0 unspecified atom stereocenters. The van der Waals surface area contributed by atoms with Crippen molar-refractivity contribution in [3.63, 3.8) is 0 Å². The monoisotopic (exact) mass is 525 g/mol. The van der Waals surface area contributed by atoms with Crippen molar-refractivity contribution in [1.29, 1.82) is 0 Å². The van der Waals surface area contributed by atoms with Gasteiger partial charge in [-0.1, -0.05) is 91.0 Å². The van der Waals surface area contributed by atoms with Crippen LogP contribution in [-0.4, -0.2) is 36.8 Å². The molecule has 0 aliphatic carbocycles. The summed E-state index contributed by atoms with van der Waals surface area (Å²) in [5, 5.41) is 14.2. The Bertz CT molecular complexity index is 1610. The van der Waals surface area contributed by atoms with Crippen LogP contribution >= 0.6 is 0 Å². The zero-order valence-electron chi connectivity index (χ0n) is 21.9. The highest BCUT2D eigenvalue weighted by molar-refractivity contribution is 5.79. The van der Waals surface area contributed by atoms with Crippen LogP contribution in [0.3, 0.4) is 0 Å². The second kappa shape index (κ2) is 10.8. The van der Waals surface area contributed by atoms with Crippen LogP contribution in [-0.2, 0) is 5.54 Å². The second-order valence-corrected chi connectivity index (χ2v) is 9.19. The lowest BCUT2D eigenvalue weighted by molar-refractivity contribution is 0.327. The summed E-state index contributed by atoms with van der Waals surface area (Å²) in [6.45, 7) is 2.46. The van der Waals surface area contributed by atoms with E-state index in [4.69, 9.17) is 15.6 Å². The van der Waals surface area contributed by atoms with Crippen LogP contribution in [0, 0.1) is 0 Å². The number of hydrogen-bond acceptors (Lipinski definition) is 7. The van der Waals surface area contributed by atoms with Crippen LogP contribution in [0.1, 0.15) is 23.6 Å². The summed E-state index contributed by atoms with van der Waals surface area (Å²) in [6.07, 6.45) is 3.33. The molecule has 196 valence electrons. The fourth-order valence-corrected chi connectivity index (χ4v) is 4.98. The third-order valence-corrected chi connectivity index (χ3v) is 6.74. The lowest BCUT2D eigenvalue weighted by atomic mass is 9.77. The van der Waals surface area contributed by atoms with Gasteiger partial charge in [0.2, 0.25) is 11.7 Å². The average Bonchev–Trinajstić information content (AvgIpc) is 3.50. The highest BCUT2D eigenvalue weighted by Gasteiger charge is 2.41. The van der Waals surface area contributed by atoms with Crippen LogP contribution in [0.2, 0.25) is 0 Å². The Kier molecular flexibility index (Phi) is 6.72. The van der Waals surface area contributed by atoms with Gasteiger partial charge >= 0.3 is 0 Å². The van der Waals surface area contributed by atoms with Crippen molar-refractivity contribution >= 4 is 5.69 Å².